The lowest BCUT2D eigenvalue weighted by Gasteiger charge is -2.14. The molecule has 0 fully saturated rings. The number of hydrogen-bond acceptors (Lipinski definition) is 3. The van der Waals surface area contributed by atoms with Crippen LogP contribution in [0.4, 0.5) is 0 Å². The summed E-state index contributed by atoms with van der Waals surface area (Å²) in [4.78, 5) is 0. The highest BCUT2D eigenvalue weighted by Crippen LogP contribution is 2.19. The van der Waals surface area contributed by atoms with Crippen molar-refractivity contribution in [2.75, 3.05) is 13.2 Å². The molecule has 1 N–H and O–H groups in total. The van der Waals surface area contributed by atoms with E-state index in [1.54, 1.807) is 0 Å². The predicted molar refractivity (Wildman–Crippen MR) is 82.1 cm³/mol. The highest BCUT2D eigenvalue weighted by Gasteiger charge is 2.08. The Morgan fingerprint density at radius 1 is 1.05 bits per heavy atom. The van der Waals surface area contributed by atoms with Crippen LogP contribution in [-0.4, -0.2) is 24.4 Å². The molecule has 0 saturated heterocycles. The molecule has 0 radical (unpaired) electrons. The zero-order chi connectivity index (χ0) is 15.0. The van der Waals surface area contributed by atoms with E-state index < -0.39 is 6.10 Å². The molecule has 1 aromatic carbocycles. The summed E-state index contributed by atoms with van der Waals surface area (Å²) >= 11 is 0. The van der Waals surface area contributed by atoms with Gasteiger partial charge in [-0.05, 0) is 50.3 Å². The van der Waals surface area contributed by atoms with Gasteiger partial charge in [-0.1, -0.05) is 26.0 Å². The van der Waals surface area contributed by atoms with Crippen LogP contribution >= 0.6 is 0 Å². The summed E-state index contributed by atoms with van der Waals surface area (Å²) in [7, 11) is 0. The molecule has 0 aliphatic rings. The van der Waals surface area contributed by atoms with Gasteiger partial charge in [0.1, 0.15) is 11.9 Å². The van der Waals surface area contributed by atoms with Gasteiger partial charge < -0.3 is 14.6 Å². The SMILES string of the molecule is CC(C)CCCOCC(O)c1ccc(OC(C)C)cc1. The lowest BCUT2D eigenvalue weighted by Crippen LogP contribution is -2.09. The van der Waals surface area contributed by atoms with Gasteiger partial charge in [0.05, 0.1) is 12.7 Å². The summed E-state index contributed by atoms with van der Waals surface area (Å²) in [5.41, 5.74) is 0.866. The molecule has 114 valence electrons. The molecule has 0 aliphatic heterocycles. The normalized spacial score (nSPS) is 12.9. The van der Waals surface area contributed by atoms with Gasteiger partial charge in [0.25, 0.3) is 0 Å². The average Bonchev–Trinajstić information content (AvgIpc) is 2.38. The molecule has 1 rings (SSSR count). The Morgan fingerprint density at radius 2 is 1.70 bits per heavy atom. The van der Waals surface area contributed by atoms with Gasteiger partial charge in [0.15, 0.2) is 0 Å². The molecule has 1 unspecified atom stereocenters. The van der Waals surface area contributed by atoms with Gasteiger partial charge in [0, 0.05) is 6.61 Å². The summed E-state index contributed by atoms with van der Waals surface area (Å²) in [5, 5.41) is 10.0. The summed E-state index contributed by atoms with van der Waals surface area (Å²) in [6.45, 7) is 9.46. The molecule has 0 saturated carbocycles. The van der Waals surface area contributed by atoms with Crippen molar-refractivity contribution in [3.05, 3.63) is 29.8 Å². The number of rotatable bonds is 9. The van der Waals surface area contributed by atoms with E-state index in [9.17, 15) is 5.11 Å². The van der Waals surface area contributed by atoms with Gasteiger partial charge in [-0.2, -0.15) is 0 Å². The molecular formula is C17H28O3. The Morgan fingerprint density at radius 3 is 2.25 bits per heavy atom. The maximum absolute atomic E-state index is 10.0. The van der Waals surface area contributed by atoms with Crippen LogP contribution in [0.25, 0.3) is 0 Å². The van der Waals surface area contributed by atoms with E-state index in [2.05, 4.69) is 13.8 Å². The Hall–Kier alpha value is -1.06. The minimum Gasteiger partial charge on any atom is -0.491 e. The van der Waals surface area contributed by atoms with Crippen LogP contribution in [0.1, 0.15) is 52.2 Å². The van der Waals surface area contributed by atoms with Crippen LogP contribution in [0.3, 0.4) is 0 Å². The Labute approximate surface area is 122 Å². The summed E-state index contributed by atoms with van der Waals surface area (Å²) in [5.74, 6) is 1.53. The van der Waals surface area contributed by atoms with E-state index in [1.165, 1.54) is 0 Å². The first-order valence-corrected chi connectivity index (χ1v) is 7.51. The van der Waals surface area contributed by atoms with Crippen LogP contribution in [0.15, 0.2) is 24.3 Å². The number of hydrogen-bond donors (Lipinski definition) is 1. The summed E-state index contributed by atoms with van der Waals surface area (Å²) < 4.78 is 11.1. The number of benzene rings is 1. The molecule has 0 spiro atoms. The van der Waals surface area contributed by atoms with Crippen LogP contribution in [0.2, 0.25) is 0 Å². The Kier molecular flexibility index (Phi) is 7.63. The van der Waals surface area contributed by atoms with Crippen LogP contribution < -0.4 is 4.74 Å². The lowest BCUT2D eigenvalue weighted by atomic mass is 10.1. The number of aliphatic hydroxyl groups is 1. The first-order valence-electron chi connectivity index (χ1n) is 7.51. The molecule has 1 atom stereocenters. The second-order valence-corrected chi connectivity index (χ2v) is 5.86. The van der Waals surface area contributed by atoms with Crippen molar-refractivity contribution in [1.29, 1.82) is 0 Å². The van der Waals surface area contributed by atoms with Crippen molar-refractivity contribution >= 4 is 0 Å². The van der Waals surface area contributed by atoms with Crippen molar-refractivity contribution < 1.29 is 14.6 Å². The molecule has 1 aromatic rings. The van der Waals surface area contributed by atoms with Crippen molar-refractivity contribution in [3.8, 4) is 5.75 Å². The monoisotopic (exact) mass is 280 g/mol. The van der Waals surface area contributed by atoms with Gasteiger partial charge in [-0.25, -0.2) is 0 Å². The van der Waals surface area contributed by atoms with Crippen molar-refractivity contribution in [3.63, 3.8) is 0 Å². The second-order valence-electron chi connectivity index (χ2n) is 5.86. The van der Waals surface area contributed by atoms with E-state index in [0.29, 0.717) is 19.1 Å². The lowest BCUT2D eigenvalue weighted by molar-refractivity contribution is 0.0337. The molecule has 0 aliphatic carbocycles. The van der Waals surface area contributed by atoms with E-state index in [1.807, 2.05) is 38.1 Å². The minimum atomic E-state index is -0.567. The molecule has 0 aromatic heterocycles. The second kappa shape index (κ2) is 8.98. The topological polar surface area (TPSA) is 38.7 Å². The standard InChI is InChI=1S/C17H28O3/c1-13(2)6-5-11-19-12-17(18)15-7-9-16(10-8-15)20-14(3)4/h7-10,13-14,17-18H,5-6,11-12H2,1-4H3. The highest BCUT2D eigenvalue weighted by molar-refractivity contribution is 5.28. The first kappa shape index (κ1) is 17.0. The van der Waals surface area contributed by atoms with Crippen LogP contribution in [-0.2, 0) is 4.74 Å². The molecule has 20 heavy (non-hydrogen) atoms. The van der Waals surface area contributed by atoms with Gasteiger partial charge >= 0.3 is 0 Å². The summed E-state index contributed by atoms with van der Waals surface area (Å²) in [6, 6.07) is 7.55. The molecule has 3 heteroatoms. The molecule has 0 amide bonds. The van der Waals surface area contributed by atoms with Crippen molar-refractivity contribution in [1.82, 2.24) is 0 Å². The molecule has 0 bridgehead atoms. The quantitative estimate of drug-likeness (QED) is 0.696. The largest absolute Gasteiger partial charge is 0.491 e. The molecular weight excluding hydrogens is 252 g/mol. The van der Waals surface area contributed by atoms with Gasteiger partial charge in [-0.15, -0.1) is 0 Å². The van der Waals surface area contributed by atoms with Crippen LogP contribution in [0, 0.1) is 5.92 Å². The maximum Gasteiger partial charge on any atom is 0.119 e. The van der Waals surface area contributed by atoms with E-state index >= 15 is 0 Å². The Bertz CT molecular complexity index is 357. The predicted octanol–water partition coefficient (Wildman–Crippen LogP) is 3.96. The number of ether oxygens (including phenoxy) is 2. The third-order valence-corrected chi connectivity index (χ3v) is 2.98. The Balaban J connectivity index is 2.30. The zero-order valence-electron chi connectivity index (χ0n) is 13.1. The number of aliphatic hydroxyl groups excluding tert-OH is 1. The van der Waals surface area contributed by atoms with Gasteiger partial charge in [-0.3, -0.25) is 0 Å². The van der Waals surface area contributed by atoms with Crippen molar-refractivity contribution in [2.45, 2.75) is 52.7 Å². The average molecular weight is 280 g/mol. The van der Waals surface area contributed by atoms with E-state index in [-0.39, 0.29) is 6.10 Å². The smallest absolute Gasteiger partial charge is 0.119 e. The maximum atomic E-state index is 10.0. The van der Waals surface area contributed by atoms with E-state index in [0.717, 1.165) is 24.2 Å². The zero-order valence-corrected chi connectivity index (χ0v) is 13.1. The fourth-order valence-electron chi connectivity index (χ4n) is 1.93. The van der Waals surface area contributed by atoms with Gasteiger partial charge in [0.2, 0.25) is 0 Å². The van der Waals surface area contributed by atoms with Crippen LogP contribution in [0.5, 0.6) is 5.75 Å². The van der Waals surface area contributed by atoms with E-state index in [4.69, 9.17) is 9.47 Å². The summed E-state index contributed by atoms with van der Waals surface area (Å²) in [6.07, 6.45) is 1.81. The highest BCUT2D eigenvalue weighted by atomic mass is 16.5. The third-order valence-electron chi connectivity index (χ3n) is 2.98. The molecule has 3 nitrogen and oxygen atoms in total. The minimum absolute atomic E-state index is 0.162. The third kappa shape index (κ3) is 6.92. The molecule has 0 heterocycles. The fraction of sp³-hybridized carbons (Fsp3) is 0.647. The first-order chi connectivity index (χ1) is 9.49. The fourth-order valence-corrected chi connectivity index (χ4v) is 1.93. The van der Waals surface area contributed by atoms with Crippen molar-refractivity contribution in [2.24, 2.45) is 5.92 Å².